The molecule has 0 saturated carbocycles. The molecule has 0 fully saturated rings. The standard InChI is InChI=1S/C24H23NO4S/c1-18-7-12-22(30-18)15-25(14-13-19-5-3-2-4-6-19)23(27)17-29-24(28)21-10-8-20(16-26)9-11-21/h2-12,16H,13-15,17H2,1H3. The van der Waals surface area contributed by atoms with Crippen LogP contribution in [0.4, 0.5) is 0 Å². The highest BCUT2D eigenvalue weighted by atomic mass is 32.1. The van der Waals surface area contributed by atoms with Gasteiger partial charge in [-0.15, -0.1) is 11.3 Å². The highest BCUT2D eigenvalue weighted by Gasteiger charge is 2.18. The van der Waals surface area contributed by atoms with Crippen LogP contribution < -0.4 is 0 Å². The van der Waals surface area contributed by atoms with E-state index in [-0.39, 0.29) is 12.5 Å². The van der Waals surface area contributed by atoms with Gasteiger partial charge in [0.1, 0.15) is 6.29 Å². The molecule has 0 bridgehead atoms. The lowest BCUT2D eigenvalue weighted by atomic mass is 10.1. The molecular weight excluding hydrogens is 398 g/mol. The minimum Gasteiger partial charge on any atom is -0.452 e. The van der Waals surface area contributed by atoms with Crippen molar-refractivity contribution in [3.63, 3.8) is 0 Å². The van der Waals surface area contributed by atoms with Crippen LogP contribution in [0.5, 0.6) is 0 Å². The van der Waals surface area contributed by atoms with Crippen LogP contribution in [0.3, 0.4) is 0 Å². The number of benzene rings is 2. The van der Waals surface area contributed by atoms with Crippen LogP contribution in [0.2, 0.25) is 0 Å². The lowest BCUT2D eigenvalue weighted by molar-refractivity contribution is -0.135. The summed E-state index contributed by atoms with van der Waals surface area (Å²) >= 11 is 1.65. The molecule has 0 radical (unpaired) electrons. The topological polar surface area (TPSA) is 63.7 Å². The van der Waals surface area contributed by atoms with E-state index in [2.05, 4.69) is 0 Å². The predicted octanol–water partition coefficient (Wildman–Crippen LogP) is 4.30. The third-order valence-electron chi connectivity index (χ3n) is 4.62. The SMILES string of the molecule is Cc1ccc(CN(CCc2ccccc2)C(=O)COC(=O)c2ccc(C=O)cc2)s1. The van der Waals surface area contributed by atoms with E-state index in [4.69, 9.17) is 4.74 Å². The monoisotopic (exact) mass is 421 g/mol. The van der Waals surface area contributed by atoms with Crippen LogP contribution in [0.25, 0.3) is 0 Å². The Morgan fingerprint density at radius 2 is 1.73 bits per heavy atom. The molecular formula is C24H23NO4S. The van der Waals surface area contributed by atoms with Gasteiger partial charge in [-0.1, -0.05) is 42.5 Å². The Morgan fingerprint density at radius 3 is 2.37 bits per heavy atom. The predicted molar refractivity (Wildman–Crippen MR) is 117 cm³/mol. The molecule has 0 aliphatic rings. The van der Waals surface area contributed by atoms with Gasteiger partial charge in [0, 0.05) is 21.9 Å². The summed E-state index contributed by atoms with van der Waals surface area (Å²) < 4.78 is 5.22. The molecule has 5 nitrogen and oxygen atoms in total. The van der Waals surface area contributed by atoms with Gasteiger partial charge in [-0.3, -0.25) is 9.59 Å². The van der Waals surface area contributed by atoms with Crippen molar-refractivity contribution in [2.45, 2.75) is 19.9 Å². The van der Waals surface area contributed by atoms with Gasteiger partial charge in [0.05, 0.1) is 12.1 Å². The van der Waals surface area contributed by atoms with Crippen LogP contribution in [0, 0.1) is 6.92 Å². The van der Waals surface area contributed by atoms with Crippen LogP contribution >= 0.6 is 11.3 Å². The van der Waals surface area contributed by atoms with E-state index in [9.17, 15) is 14.4 Å². The van der Waals surface area contributed by atoms with Gasteiger partial charge in [-0.2, -0.15) is 0 Å². The highest BCUT2D eigenvalue weighted by molar-refractivity contribution is 7.11. The fourth-order valence-electron chi connectivity index (χ4n) is 2.96. The van der Waals surface area contributed by atoms with Crippen LogP contribution in [-0.2, 0) is 22.5 Å². The smallest absolute Gasteiger partial charge is 0.338 e. The molecule has 0 unspecified atom stereocenters. The third kappa shape index (κ3) is 6.12. The van der Waals surface area contributed by atoms with Gasteiger partial charge < -0.3 is 9.64 Å². The number of carbonyl (C=O) groups is 3. The number of aryl methyl sites for hydroxylation is 1. The highest BCUT2D eigenvalue weighted by Crippen LogP contribution is 2.18. The Bertz CT molecular complexity index is 996. The molecule has 154 valence electrons. The van der Waals surface area contributed by atoms with Crippen LogP contribution in [0.15, 0.2) is 66.7 Å². The average Bonchev–Trinajstić information content (AvgIpc) is 3.20. The molecule has 0 aliphatic carbocycles. The molecule has 30 heavy (non-hydrogen) atoms. The van der Waals surface area contributed by atoms with E-state index < -0.39 is 5.97 Å². The molecule has 3 aromatic rings. The normalized spacial score (nSPS) is 10.4. The maximum atomic E-state index is 12.8. The lowest BCUT2D eigenvalue weighted by Gasteiger charge is -2.22. The molecule has 0 atom stereocenters. The summed E-state index contributed by atoms with van der Waals surface area (Å²) in [6, 6.07) is 20.1. The molecule has 2 aromatic carbocycles. The van der Waals surface area contributed by atoms with Crippen molar-refractivity contribution in [3.8, 4) is 0 Å². The maximum Gasteiger partial charge on any atom is 0.338 e. The van der Waals surface area contributed by atoms with Crippen molar-refractivity contribution in [2.75, 3.05) is 13.2 Å². The second-order valence-corrected chi connectivity index (χ2v) is 8.25. The van der Waals surface area contributed by atoms with E-state index >= 15 is 0 Å². The largest absolute Gasteiger partial charge is 0.452 e. The zero-order valence-corrected chi connectivity index (χ0v) is 17.6. The molecule has 0 N–H and O–H groups in total. The lowest BCUT2D eigenvalue weighted by Crippen LogP contribution is -2.35. The first kappa shape index (κ1) is 21.5. The number of nitrogens with zero attached hydrogens (tertiary/aromatic N) is 1. The summed E-state index contributed by atoms with van der Waals surface area (Å²) in [6.07, 6.45) is 1.42. The quantitative estimate of drug-likeness (QED) is 0.382. The van der Waals surface area contributed by atoms with Gasteiger partial charge in [-0.05, 0) is 43.2 Å². The third-order valence-corrected chi connectivity index (χ3v) is 5.60. The molecule has 3 rings (SSSR count). The second kappa shape index (κ2) is 10.5. The van der Waals surface area contributed by atoms with Gasteiger partial charge in [0.2, 0.25) is 0 Å². The number of ether oxygens (including phenoxy) is 1. The number of rotatable bonds is 9. The van der Waals surface area contributed by atoms with E-state index in [1.54, 1.807) is 16.2 Å². The van der Waals surface area contributed by atoms with Crippen molar-refractivity contribution in [2.24, 2.45) is 0 Å². The summed E-state index contributed by atoms with van der Waals surface area (Å²) in [5.74, 6) is -0.828. The number of amides is 1. The van der Waals surface area contributed by atoms with Crippen molar-refractivity contribution < 1.29 is 19.1 Å². The van der Waals surface area contributed by atoms with Crippen molar-refractivity contribution in [3.05, 3.63) is 93.2 Å². The van der Waals surface area contributed by atoms with Crippen molar-refractivity contribution in [1.29, 1.82) is 0 Å². The fourth-order valence-corrected chi connectivity index (χ4v) is 3.86. The van der Waals surface area contributed by atoms with Gasteiger partial charge in [0.15, 0.2) is 6.61 Å². The zero-order valence-electron chi connectivity index (χ0n) is 16.7. The molecule has 0 spiro atoms. The van der Waals surface area contributed by atoms with E-state index in [0.717, 1.165) is 16.9 Å². The summed E-state index contributed by atoms with van der Waals surface area (Å²) in [5, 5.41) is 0. The summed E-state index contributed by atoms with van der Waals surface area (Å²) in [7, 11) is 0. The van der Waals surface area contributed by atoms with Crippen LogP contribution in [0.1, 0.15) is 36.0 Å². The van der Waals surface area contributed by atoms with E-state index in [1.165, 1.54) is 29.1 Å². The van der Waals surface area contributed by atoms with Gasteiger partial charge >= 0.3 is 5.97 Å². The second-order valence-electron chi connectivity index (χ2n) is 6.88. The minimum absolute atomic E-state index is 0.241. The van der Waals surface area contributed by atoms with E-state index in [0.29, 0.717) is 30.5 Å². The average molecular weight is 422 g/mol. The number of aldehydes is 1. The Labute approximate surface area is 179 Å². The first-order valence-electron chi connectivity index (χ1n) is 9.64. The molecule has 0 saturated heterocycles. The summed E-state index contributed by atoms with van der Waals surface area (Å²) in [5.41, 5.74) is 1.92. The molecule has 1 aromatic heterocycles. The van der Waals surface area contributed by atoms with Crippen molar-refractivity contribution in [1.82, 2.24) is 4.90 Å². The molecule has 1 amide bonds. The first-order valence-corrected chi connectivity index (χ1v) is 10.5. The number of hydrogen-bond acceptors (Lipinski definition) is 5. The summed E-state index contributed by atoms with van der Waals surface area (Å²) in [4.78, 5) is 39.8. The number of esters is 1. The Hall–Kier alpha value is -3.25. The fraction of sp³-hybridized carbons (Fsp3) is 0.208. The summed E-state index contributed by atoms with van der Waals surface area (Å²) in [6.45, 7) is 2.72. The van der Waals surface area contributed by atoms with E-state index in [1.807, 2.05) is 49.4 Å². The molecule has 6 heteroatoms. The maximum absolute atomic E-state index is 12.8. The van der Waals surface area contributed by atoms with Crippen molar-refractivity contribution >= 4 is 29.5 Å². The Balaban J connectivity index is 1.62. The zero-order chi connectivity index (χ0) is 21.3. The van der Waals surface area contributed by atoms with Crippen LogP contribution in [-0.4, -0.2) is 36.2 Å². The van der Waals surface area contributed by atoms with Gasteiger partial charge in [-0.25, -0.2) is 4.79 Å². The minimum atomic E-state index is -0.587. The number of hydrogen-bond donors (Lipinski definition) is 0. The van der Waals surface area contributed by atoms with Gasteiger partial charge in [0.25, 0.3) is 5.91 Å². The number of thiophene rings is 1. The molecule has 0 aliphatic heterocycles. The number of carbonyl (C=O) groups excluding carboxylic acids is 3. The molecule has 1 heterocycles. The Kier molecular flexibility index (Phi) is 7.51. The first-order chi connectivity index (χ1) is 14.5. The Morgan fingerprint density at radius 1 is 1.00 bits per heavy atom.